The van der Waals surface area contributed by atoms with Crippen molar-refractivity contribution in [3.63, 3.8) is 0 Å². The van der Waals surface area contributed by atoms with E-state index < -0.39 is 0 Å². The van der Waals surface area contributed by atoms with Crippen molar-refractivity contribution in [1.29, 1.82) is 0 Å². The Morgan fingerprint density at radius 1 is 0.474 bits per heavy atom. The smallest absolute Gasteiger partial charge is 0.0972 e. The van der Waals surface area contributed by atoms with E-state index in [9.17, 15) is 0 Å². The molecule has 0 bridgehead atoms. The molecule has 0 aliphatic carbocycles. The largest absolute Gasteiger partial charge is 0.306 e. The van der Waals surface area contributed by atoms with Crippen molar-refractivity contribution in [3.05, 3.63) is 122 Å². The summed E-state index contributed by atoms with van der Waals surface area (Å²) in [6, 6.07) is 33.1. The third-order valence-electron chi connectivity index (χ3n) is 7.10. The maximum atomic E-state index is 5.30. The minimum atomic E-state index is 0.840. The monoisotopic (exact) mass is 488 g/mol. The zero-order valence-corrected chi connectivity index (χ0v) is 20.2. The Bertz CT molecular complexity index is 2110. The lowest BCUT2D eigenvalue weighted by Crippen LogP contribution is -1.97. The van der Waals surface area contributed by atoms with Crippen LogP contribution in [0.1, 0.15) is 0 Å². The van der Waals surface area contributed by atoms with E-state index in [-0.39, 0.29) is 0 Å². The molecular weight excluding hydrogens is 468 g/mol. The Hall–Kier alpha value is -5.36. The molecule has 0 amide bonds. The van der Waals surface area contributed by atoms with Crippen LogP contribution in [-0.4, -0.2) is 29.1 Å². The van der Waals surface area contributed by atoms with E-state index in [1.54, 1.807) is 12.4 Å². The van der Waals surface area contributed by atoms with Crippen LogP contribution in [0.2, 0.25) is 0 Å². The van der Waals surface area contributed by atoms with Crippen molar-refractivity contribution < 1.29 is 0 Å². The molecular formula is C32H20N6. The van der Waals surface area contributed by atoms with Crippen LogP contribution in [0.4, 0.5) is 0 Å². The maximum absolute atomic E-state index is 5.30. The van der Waals surface area contributed by atoms with Crippen molar-refractivity contribution >= 4 is 43.9 Å². The molecule has 6 nitrogen and oxygen atoms in total. The Morgan fingerprint density at radius 2 is 1.13 bits per heavy atom. The fraction of sp³-hybridized carbons (Fsp3) is 0. The number of hydrogen-bond donors (Lipinski definition) is 0. The van der Waals surface area contributed by atoms with Crippen LogP contribution in [0.3, 0.4) is 0 Å². The molecule has 0 radical (unpaired) electrons. The molecule has 0 fully saturated rings. The average Bonchev–Trinajstić information content (AvgIpc) is 3.49. The number of pyridine rings is 4. The van der Waals surface area contributed by atoms with Gasteiger partial charge in [-0.2, -0.15) is 0 Å². The van der Waals surface area contributed by atoms with Crippen molar-refractivity contribution in [2.75, 3.05) is 0 Å². The van der Waals surface area contributed by atoms with Crippen LogP contribution in [-0.2, 0) is 0 Å². The lowest BCUT2D eigenvalue weighted by molar-refractivity contribution is 1.12. The molecule has 178 valence electrons. The van der Waals surface area contributed by atoms with Gasteiger partial charge in [0.15, 0.2) is 0 Å². The standard InChI is InChI=1S/C32H20N6/c1-3-12-27-23(9-1)31-29(37(27)21-8-7-16-33-19-21)18-30-32(36-31)24-10-2-4-13-28(24)38(30)22-14-15-26(35-20-22)25-11-5-6-17-34-25/h1-20H. The van der Waals surface area contributed by atoms with E-state index in [2.05, 4.69) is 85.8 Å². The molecule has 8 rings (SSSR count). The van der Waals surface area contributed by atoms with Gasteiger partial charge in [0.1, 0.15) is 0 Å². The Morgan fingerprint density at radius 3 is 1.74 bits per heavy atom. The SMILES string of the molecule is c1ccc(-c2ccc(-n3c4ccccc4c4nc5c6ccccc6n(-c6cccnc6)c5cc43)cn2)nc1. The summed E-state index contributed by atoms with van der Waals surface area (Å²) < 4.78 is 4.49. The first-order valence-corrected chi connectivity index (χ1v) is 12.5. The number of rotatable bonds is 3. The average molecular weight is 489 g/mol. The molecule has 0 saturated heterocycles. The molecule has 6 heteroatoms. The number of hydrogen-bond acceptors (Lipinski definition) is 4. The quantitative estimate of drug-likeness (QED) is 0.265. The van der Waals surface area contributed by atoms with Gasteiger partial charge in [0.25, 0.3) is 0 Å². The molecule has 8 aromatic rings. The third-order valence-corrected chi connectivity index (χ3v) is 7.10. The summed E-state index contributed by atoms with van der Waals surface area (Å²) in [6.07, 6.45) is 7.39. The molecule has 0 unspecified atom stereocenters. The highest BCUT2D eigenvalue weighted by Crippen LogP contribution is 2.37. The molecule has 6 aromatic heterocycles. The molecule has 2 aromatic carbocycles. The van der Waals surface area contributed by atoms with Crippen molar-refractivity contribution in [3.8, 4) is 22.8 Å². The molecule has 38 heavy (non-hydrogen) atoms. The number of fused-ring (bicyclic) bond motifs is 6. The highest BCUT2D eigenvalue weighted by Gasteiger charge is 2.19. The molecule has 0 aliphatic heterocycles. The van der Waals surface area contributed by atoms with Gasteiger partial charge in [0, 0.05) is 23.2 Å². The molecule has 0 spiro atoms. The summed E-state index contributed by atoms with van der Waals surface area (Å²) in [6.45, 7) is 0. The minimum Gasteiger partial charge on any atom is -0.306 e. The Kier molecular flexibility index (Phi) is 4.42. The summed E-state index contributed by atoms with van der Waals surface area (Å²) in [7, 11) is 0. The Labute approximate surface area is 217 Å². The van der Waals surface area contributed by atoms with Gasteiger partial charge in [-0.3, -0.25) is 15.0 Å². The third kappa shape index (κ3) is 3.01. The molecule has 0 saturated carbocycles. The normalized spacial score (nSPS) is 11.7. The summed E-state index contributed by atoms with van der Waals surface area (Å²) in [5.74, 6) is 0. The summed E-state index contributed by atoms with van der Waals surface area (Å²) in [4.78, 5) is 18.9. The van der Waals surface area contributed by atoms with Crippen LogP contribution in [0.25, 0.3) is 66.6 Å². The van der Waals surface area contributed by atoms with Gasteiger partial charge in [-0.1, -0.05) is 42.5 Å². The van der Waals surface area contributed by atoms with Crippen molar-refractivity contribution in [2.45, 2.75) is 0 Å². The van der Waals surface area contributed by atoms with Crippen LogP contribution in [0.5, 0.6) is 0 Å². The predicted octanol–water partition coefficient (Wildman–Crippen LogP) is 7.13. The Balaban J connectivity index is 1.45. The van der Waals surface area contributed by atoms with E-state index in [0.29, 0.717) is 0 Å². The van der Waals surface area contributed by atoms with E-state index >= 15 is 0 Å². The van der Waals surface area contributed by atoms with Crippen LogP contribution in [0, 0.1) is 0 Å². The second-order valence-corrected chi connectivity index (χ2v) is 9.26. The first-order chi connectivity index (χ1) is 18.9. The summed E-state index contributed by atoms with van der Waals surface area (Å²) >= 11 is 0. The van der Waals surface area contributed by atoms with Gasteiger partial charge in [-0.15, -0.1) is 0 Å². The minimum absolute atomic E-state index is 0.840. The van der Waals surface area contributed by atoms with Crippen LogP contribution < -0.4 is 0 Å². The van der Waals surface area contributed by atoms with Crippen molar-refractivity contribution in [1.82, 2.24) is 29.1 Å². The number of benzene rings is 2. The second kappa shape index (κ2) is 8.08. The van der Waals surface area contributed by atoms with E-state index in [4.69, 9.17) is 9.97 Å². The zero-order chi connectivity index (χ0) is 25.1. The number of para-hydroxylation sites is 2. The number of aromatic nitrogens is 6. The first kappa shape index (κ1) is 20.8. The van der Waals surface area contributed by atoms with E-state index in [1.165, 1.54) is 0 Å². The number of nitrogens with zero attached hydrogens (tertiary/aromatic N) is 6. The predicted molar refractivity (Wildman–Crippen MR) is 152 cm³/mol. The second-order valence-electron chi connectivity index (χ2n) is 9.26. The lowest BCUT2D eigenvalue weighted by Gasteiger charge is -2.09. The first-order valence-electron chi connectivity index (χ1n) is 12.5. The van der Waals surface area contributed by atoms with Crippen molar-refractivity contribution in [2.24, 2.45) is 0 Å². The molecule has 6 heterocycles. The molecule has 0 atom stereocenters. The van der Waals surface area contributed by atoms with E-state index in [1.807, 2.05) is 42.7 Å². The summed E-state index contributed by atoms with van der Waals surface area (Å²) in [5.41, 5.74) is 9.87. The van der Waals surface area contributed by atoms with Gasteiger partial charge < -0.3 is 9.13 Å². The topological polar surface area (TPSA) is 61.4 Å². The summed E-state index contributed by atoms with van der Waals surface area (Å²) in [5, 5.41) is 2.22. The fourth-order valence-electron chi connectivity index (χ4n) is 5.45. The van der Waals surface area contributed by atoms with Crippen LogP contribution >= 0.6 is 0 Å². The van der Waals surface area contributed by atoms with E-state index in [0.717, 1.165) is 66.6 Å². The zero-order valence-electron chi connectivity index (χ0n) is 20.2. The highest BCUT2D eigenvalue weighted by atomic mass is 15.0. The fourth-order valence-corrected chi connectivity index (χ4v) is 5.45. The van der Waals surface area contributed by atoms with Gasteiger partial charge in [0.2, 0.25) is 0 Å². The van der Waals surface area contributed by atoms with Gasteiger partial charge in [0.05, 0.1) is 68.3 Å². The highest BCUT2D eigenvalue weighted by molar-refractivity contribution is 6.15. The van der Waals surface area contributed by atoms with Gasteiger partial charge >= 0.3 is 0 Å². The lowest BCUT2D eigenvalue weighted by atomic mass is 10.2. The molecule has 0 N–H and O–H groups in total. The van der Waals surface area contributed by atoms with Gasteiger partial charge in [-0.25, -0.2) is 4.98 Å². The maximum Gasteiger partial charge on any atom is 0.0972 e. The molecule has 0 aliphatic rings. The van der Waals surface area contributed by atoms with Crippen LogP contribution in [0.15, 0.2) is 122 Å². The van der Waals surface area contributed by atoms with Gasteiger partial charge in [-0.05, 0) is 54.6 Å².